The zero-order valence-corrected chi connectivity index (χ0v) is 5.00. The molecule has 0 aliphatic heterocycles. The van der Waals surface area contributed by atoms with Gasteiger partial charge in [0.15, 0.2) is 5.82 Å². The number of nitrogen functional groups attached to an aromatic ring is 2. The van der Waals surface area contributed by atoms with Gasteiger partial charge in [-0.3, -0.25) is 5.43 Å². The summed E-state index contributed by atoms with van der Waals surface area (Å²) in [5, 5.41) is 7.22. The Balaban J connectivity index is 3.04. The van der Waals surface area contributed by atoms with E-state index in [1.807, 2.05) is 0 Å². The molecule has 1 aromatic heterocycles. The Morgan fingerprint density at radius 1 is 1.56 bits per heavy atom. The smallest absolute Gasteiger partial charge is 0.257 e. The van der Waals surface area contributed by atoms with Crippen molar-refractivity contribution in [2.24, 2.45) is 5.84 Å². The zero-order chi connectivity index (χ0) is 6.85. The third-order valence-corrected chi connectivity index (χ3v) is 0.995. The molecule has 0 saturated heterocycles. The van der Waals surface area contributed by atoms with Crippen molar-refractivity contribution in [1.82, 2.24) is 14.9 Å². The van der Waals surface area contributed by atoms with Gasteiger partial charge in [0.1, 0.15) is 0 Å². The molecule has 0 aliphatic rings. The molecule has 0 amide bonds. The van der Waals surface area contributed by atoms with Gasteiger partial charge in [0.25, 0.3) is 5.95 Å². The first kappa shape index (κ1) is 5.83. The van der Waals surface area contributed by atoms with Crippen LogP contribution in [-0.4, -0.2) is 14.9 Å². The molecule has 0 bridgehead atoms. The quantitative estimate of drug-likeness (QED) is 0.319. The van der Waals surface area contributed by atoms with E-state index in [9.17, 15) is 0 Å². The molecule has 5 N–H and O–H groups in total. The van der Waals surface area contributed by atoms with Gasteiger partial charge in [-0.1, -0.05) is 0 Å². The first-order valence-electron chi connectivity index (χ1n) is 2.39. The Hall–Kier alpha value is -1.30. The molecule has 9 heavy (non-hydrogen) atoms. The number of rotatable bonds is 1. The molecule has 0 fully saturated rings. The first-order valence-corrected chi connectivity index (χ1v) is 2.39. The lowest BCUT2D eigenvalue weighted by Gasteiger charge is -1.96. The SMILES string of the molecule is Cc1nnc(NN)n1N. The molecule has 0 atom stereocenters. The maximum atomic E-state index is 5.36. The maximum Gasteiger partial charge on any atom is 0.257 e. The van der Waals surface area contributed by atoms with Gasteiger partial charge < -0.3 is 5.84 Å². The minimum absolute atomic E-state index is 0.354. The van der Waals surface area contributed by atoms with Crippen LogP contribution in [0.2, 0.25) is 0 Å². The maximum absolute atomic E-state index is 5.36. The normalized spacial score (nSPS) is 9.56. The van der Waals surface area contributed by atoms with Crippen LogP contribution in [0.1, 0.15) is 5.82 Å². The molecule has 1 rings (SSSR count). The Bertz CT molecular complexity index is 202. The highest BCUT2D eigenvalue weighted by Crippen LogP contribution is 1.96. The Kier molecular flexibility index (Phi) is 1.23. The molecule has 50 valence electrons. The summed E-state index contributed by atoms with van der Waals surface area (Å²) in [5.41, 5.74) is 2.28. The second-order valence-electron chi connectivity index (χ2n) is 1.59. The standard InChI is InChI=1S/C3H8N6/c1-2-7-8-3(6-4)9(2)5/h4-5H2,1H3,(H,6,8). The fraction of sp³-hybridized carbons (Fsp3) is 0.333. The summed E-state index contributed by atoms with van der Waals surface area (Å²) in [4.78, 5) is 0. The van der Waals surface area contributed by atoms with Gasteiger partial charge >= 0.3 is 0 Å². The summed E-state index contributed by atoms with van der Waals surface area (Å²) in [5.74, 6) is 11.3. The van der Waals surface area contributed by atoms with Gasteiger partial charge in [-0.15, -0.1) is 10.2 Å². The van der Waals surface area contributed by atoms with E-state index < -0.39 is 0 Å². The predicted octanol–water partition coefficient (Wildman–Crippen LogP) is -1.41. The zero-order valence-electron chi connectivity index (χ0n) is 5.00. The van der Waals surface area contributed by atoms with Crippen LogP contribution in [0.4, 0.5) is 5.95 Å². The van der Waals surface area contributed by atoms with Crippen LogP contribution in [0.25, 0.3) is 0 Å². The molecule has 0 unspecified atom stereocenters. The molecule has 6 heteroatoms. The number of aryl methyl sites for hydroxylation is 1. The lowest BCUT2D eigenvalue weighted by Crippen LogP contribution is -2.18. The van der Waals surface area contributed by atoms with Gasteiger partial charge in [0.05, 0.1) is 0 Å². The van der Waals surface area contributed by atoms with Crippen molar-refractivity contribution in [2.45, 2.75) is 6.92 Å². The van der Waals surface area contributed by atoms with Gasteiger partial charge in [-0.25, -0.2) is 10.5 Å². The van der Waals surface area contributed by atoms with E-state index in [0.29, 0.717) is 11.8 Å². The second-order valence-corrected chi connectivity index (χ2v) is 1.59. The number of hydrogen-bond acceptors (Lipinski definition) is 5. The minimum atomic E-state index is 0.354. The van der Waals surface area contributed by atoms with E-state index in [-0.39, 0.29) is 0 Å². The number of anilines is 1. The summed E-state index contributed by atoms with van der Waals surface area (Å²) < 4.78 is 1.26. The molecule has 6 nitrogen and oxygen atoms in total. The average molecular weight is 128 g/mol. The number of nitrogens with zero attached hydrogens (tertiary/aromatic N) is 3. The summed E-state index contributed by atoms with van der Waals surface area (Å²) in [6.45, 7) is 1.73. The molecule has 1 aromatic rings. The first-order chi connectivity index (χ1) is 4.25. The summed E-state index contributed by atoms with van der Waals surface area (Å²) >= 11 is 0. The molecule has 0 spiro atoms. The average Bonchev–Trinajstić information content (AvgIpc) is 2.15. The van der Waals surface area contributed by atoms with Crippen LogP contribution >= 0.6 is 0 Å². The van der Waals surface area contributed by atoms with Crippen LogP contribution < -0.4 is 17.1 Å². The summed E-state index contributed by atoms with van der Waals surface area (Å²) in [6.07, 6.45) is 0. The highest BCUT2D eigenvalue weighted by Gasteiger charge is 2.00. The number of nitrogens with two attached hydrogens (primary N) is 2. The predicted molar refractivity (Wildman–Crippen MR) is 32.7 cm³/mol. The van der Waals surface area contributed by atoms with Crippen molar-refractivity contribution >= 4 is 5.95 Å². The van der Waals surface area contributed by atoms with Gasteiger partial charge in [0, 0.05) is 0 Å². The highest BCUT2D eigenvalue weighted by molar-refractivity contribution is 5.22. The van der Waals surface area contributed by atoms with E-state index in [0.717, 1.165) is 0 Å². The van der Waals surface area contributed by atoms with Crippen LogP contribution in [0.5, 0.6) is 0 Å². The number of hydrogen-bond donors (Lipinski definition) is 3. The number of aromatic nitrogens is 3. The molecule has 0 saturated carbocycles. The van der Waals surface area contributed by atoms with Crippen LogP contribution in [0.3, 0.4) is 0 Å². The van der Waals surface area contributed by atoms with Gasteiger partial charge in [-0.05, 0) is 6.92 Å². The molecule has 1 heterocycles. The monoisotopic (exact) mass is 128 g/mol. The van der Waals surface area contributed by atoms with E-state index in [2.05, 4.69) is 15.6 Å². The number of hydrazine groups is 1. The Labute approximate surface area is 51.8 Å². The van der Waals surface area contributed by atoms with E-state index >= 15 is 0 Å². The molecular formula is C3H8N6. The lowest BCUT2D eigenvalue weighted by molar-refractivity contribution is 0.925. The van der Waals surface area contributed by atoms with Crippen molar-refractivity contribution in [1.29, 1.82) is 0 Å². The molecule has 0 aliphatic carbocycles. The van der Waals surface area contributed by atoms with Crippen LogP contribution in [-0.2, 0) is 0 Å². The highest BCUT2D eigenvalue weighted by atomic mass is 15.5. The van der Waals surface area contributed by atoms with E-state index in [1.54, 1.807) is 6.92 Å². The second kappa shape index (κ2) is 1.90. The third kappa shape index (κ3) is 0.789. The van der Waals surface area contributed by atoms with Crippen molar-refractivity contribution in [3.63, 3.8) is 0 Å². The topological polar surface area (TPSA) is 94.8 Å². The largest absolute Gasteiger partial charge is 0.335 e. The minimum Gasteiger partial charge on any atom is -0.335 e. The fourth-order valence-corrected chi connectivity index (χ4v) is 0.468. The van der Waals surface area contributed by atoms with Crippen molar-refractivity contribution in [2.75, 3.05) is 11.3 Å². The van der Waals surface area contributed by atoms with Gasteiger partial charge in [0.2, 0.25) is 0 Å². The van der Waals surface area contributed by atoms with Crippen molar-refractivity contribution < 1.29 is 0 Å². The molecule has 0 radical (unpaired) electrons. The Morgan fingerprint density at radius 2 is 2.22 bits per heavy atom. The lowest BCUT2D eigenvalue weighted by atomic mass is 10.7. The molecule has 0 aromatic carbocycles. The fourth-order valence-electron chi connectivity index (χ4n) is 0.468. The number of nitrogens with one attached hydrogen (secondary N) is 1. The summed E-state index contributed by atoms with van der Waals surface area (Å²) in [7, 11) is 0. The van der Waals surface area contributed by atoms with Gasteiger partial charge in [-0.2, -0.15) is 0 Å². The third-order valence-electron chi connectivity index (χ3n) is 0.995. The summed E-state index contributed by atoms with van der Waals surface area (Å²) in [6, 6.07) is 0. The van der Waals surface area contributed by atoms with Crippen molar-refractivity contribution in [3.05, 3.63) is 5.82 Å². The van der Waals surface area contributed by atoms with Crippen LogP contribution in [0.15, 0.2) is 0 Å². The van der Waals surface area contributed by atoms with E-state index in [1.165, 1.54) is 4.68 Å². The van der Waals surface area contributed by atoms with E-state index in [4.69, 9.17) is 11.7 Å². The Morgan fingerprint density at radius 3 is 2.44 bits per heavy atom. The van der Waals surface area contributed by atoms with Crippen molar-refractivity contribution in [3.8, 4) is 0 Å². The van der Waals surface area contributed by atoms with Crippen LogP contribution in [0, 0.1) is 6.92 Å². The molecular weight excluding hydrogens is 120 g/mol.